The molecule has 5 heterocycles. The molecule has 64 heavy (non-hydrogen) atoms. The Morgan fingerprint density at radius 3 is 1.97 bits per heavy atom. The van der Waals surface area contributed by atoms with Gasteiger partial charge in [0, 0.05) is 48.3 Å². The van der Waals surface area contributed by atoms with Gasteiger partial charge < -0.3 is 34.3 Å². The summed E-state index contributed by atoms with van der Waals surface area (Å²) < 4.78 is 27.1. The molecule has 4 aliphatic heterocycles. The van der Waals surface area contributed by atoms with E-state index in [1.807, 2.05) is 13.8 Å². The van der Waals surface area contributed by atoms with Crippen LogP contribution in [0.3, 0.4) is 0 Å². The van der Waals surface area contributed by atoms with Gasteiger partial charge in [0.2, 0.25) is 0 Å². The van der Waals surface area contributed by atoms with E-state index in [0.717, 1.165) is 89.2 Å². The minimum absolute atomic E-state index is 0.0113. The monoisotopic (exact) mass is 881 g/mol. The molecule has 350 valence electrons. The van der Waals surface area contributed by atoms with Gasteiger partial charge >= 0.3 is 0 Å². The van der Waals surface area contributed by atoms with Crippen molar-refractivity contribution in [3.63, 3.8) is 0 Å². The third kappa shape index (κ3) is 4.92. The third-order valence-corrected chi connectivity index (χ3v) is 23.4. The first-order valence-electron chi connectivity index (χ1n) is 26.0. The Morgan fingerprint density at radius 2 is 1.34 bits per heavy atom. The fraction of sp³-hybridized carbons (Fsp3) is 0.870. The molecule has 0 unspecified atom stereocenters. The maximum absolute atomic E-state index is 14.8. The summed E-state index contributed by atoms with van der Waals surface area (Å²) >= 11 is 0. The Labute approximate surface area is 380 Å². The highest BCUT2D eigenvalue weighted by Gasteiger charge is 2.79. The number of Topliss-reactive ketones (excluding diaryl/α,β-unsaturated/α-hetero) is 1. The SMILES string of the molecule is C[C@H]1[C@H]2[C@H](C=C3[C@@H]4CC[C@H]5Cc6nc7c(nc6C[C@]5(C)[C@H]4C[C@@H](O)[C@@]32C)C[C@@H]2CC[C@@H]3[C@H](CC(=O)[C@]34C[C@@H]3O[C@]5(CCC(C)(C)O5)[C@@H](C)[C@@H]3[C@]4(C)O)[C@@]2(C)C7)O[C@@]12CC[C@@](C)(CO)O2. The first-order valence-corrected chi connectivity index (χ1v) is 26.0. The minimum atomic E-state index is -1.16. The molecule has 12 aliphatic rings. The van der Waals surface area contributed by atoms with Crippen LogP contribution in [0.25, 0.3) is 0 Å². The predicted octanol–water partition coefficient (Wildman–Crippen LogP) is 7.64. The Kier molecular flexibility index (Phi) is 8.40. The van der Waals surface area contributed by atoms with Crippen molar-refractivity contribution in [3.8, 4) is 0 Å². The van der Waals surface area contributed by atoms with E-state index in [1.165, 1.54) is 22.7 Å². The Bertz CT molecular complexity index is 2260. The van der Waals surface area contributed by atoms with E-state index in [9.17, 15) is 20.1 Å². The zero-order chi connectivity index (χ0) is 44.7. The molecule has 13 rings (SSSR count). The van der Waals surface area contributed by atoms with E-state index in [0.29, 0.717) is 36.5 Å². The number of ether oxygens (including phenoxy) is 4. The quantitative estimate of drug-likeness (QED) is 0.241. The molecule has 5 saturated carbocycles. The average Bonchev–Trinajstić information content (AvgIpc) is 4.06. The summed E-state index contributed by atoms with van der Waals surface area (Å²) in [7, 11) is 0. The van der Waals surface area contributed by atoms with Crippen LogP contribution < -0.4 is 0 Å². The molecule has 10 nitrogen and oxygen atoms in total. The third-order valence-electron chi connectivity index (χ3n) is 23.4. The number of aliphatic hydroxyl groups excluding tert-OH is 2. The normalized spacial score (nSPS) is 58.1. The standard InChI is InChI=1S/C54H76N2O8/c1-27-44-40(61-54(27)17-15-47(5,26-57)64-54)20-34-31-12-10-29-18-36-38(23-48(29,6)33(31)21-42(58)50(34,44)8)55-37-19-30-11-13-32-35(49(30,7)24-39(37)56-36)22-43(59)52(32)25-41-45(51(52,9)60)28(2)53(62-41)16-14-46(3,4)63-53/h20,27-33,35,40-42,44-45,57-58,60H,10-19,21-26H2,1-9H3/t27-,28-,29-,30-,31+,32+,33-,35-,40-,41-,42+,44-,45-,47-,48-,49-,50+,51-,52-,53-,54+/m0/s1. The van der Waals surface area contributed by atoms with Gasteiger partial charge in [0.1, 0.15) is 5.78 Å². The molecule has 9 fully saturated rings. The smallest absolute Gasteiger partial charge is 0.172 e. The van der Waals surface area contributed by atoms with Gasteiger partial charge in [0.15, 0.2) is 11.6 Å². The number of carbonyl (C=O) groups is 1. The van der Waals surface area contributed by atoms with Gasteiger partial charge in [-0.05, 0) is 151 Å². The van der Waals surface area contributed by atoms with Crippen LogP contribution in [0.4, 0.5) is 0 Å². The van der Waals surface area contributed by atoms with Crippen molar-refractivity contribution in [2.45, 2.75) is 205 Å². The van der Waals surface area contributed by atoms with Crippen LogP contribution in [0.1, 0.15) is 156 Å². The van der Waals surface area contributed by atoms with E-state index in [1.54, 1.807) is 0 Å². The van der Waals surface area contributed by atoms with Gasteiger partial charge in [-0.1, -0.05) is 46.3 Å². The first kappa shape index (κ1) is 42.3. The van der Waals surface area contributed by atoms with Gasteiger partial charge in [-0.25, -0.2) is 0 Å². The number of hydrogen-bond acceptors (Lipinski definition) is 10. The van der Waals surface area contributed by atoms with Crippen LogP contribution in [0.2, 0.25) is 0 Å². The molecule has 3 N–H and O–H groups in total. The molecule has 3 spiro atoms. The lowest BCUT2D eigenvalue weighted by molar-refractivity contribution is -0.257. The highest BCUT2D eigenvalue weighted by molar-refractivity contribution is 5.90. The summed E-state index contributed by atoms with van der Waals surface area (Å²) in [4.78, 5) is 26.0. The van der Waals surface area contributed by atoms with E-state index in [2.05, 4.69) is 54.5 Å². The van der Waals surface area contributed by atoms with Crippen molar-refractivity contribution in [1.82, 2.24) is 9.97 Å². The van der Waals surface area contributed by atoms with Crippen molar-refractivity contribution in [2.24, 2.45) is 80.8 Å². The lowest BCUT2D eigenvalue weighted by Gasteiger charge is -2.60. The summed E-state index contributed by atoms with van der Waals surface area (Å²) in [5, 5.41) is 35.5. The lowest BCUT2D eigenvalue weighted by Crippen LogP contribution is -2.58. The van der Waals surface area contributed by atoms with Gasteiger partial charge in [0.25, 0.3) is 0 Å². The minimum Gasteiger partial charge on any atom is -0.393 e. The summed E-state index contributed by atoms with van der Waals surface area (Å²) in [6.45, 7) is 20.0. The predicted molar refractivity (Wildman–Crippen MR) is 237 cm³/mol. The fourth-order valence-electron chi connectivity index (χ4n) is 20.0. The number of aliphatic hydroxyl groups is 3. The molecule has 0 radical (unpaired) electrons. The van der Waals surface area contributed by atoms with E-state index >= 15 is 0 Å². The van der Waals surface area contributed by atoms with Gasteiger partial charge in [-0.3, -0.25) is 14.8 Å². The van der Waals surface area contributed by atoms with Crippen LogP contribution in [-0.4, -0.2) is 84.4 Å². The number of rotatable bonds is 1. The van der Waals surface area contributed by atoms with Crippen LogP contribution >= 0.6 is 0 Å². The fourth-order valence-corrected chi connectivity index (χ4v) is 20.0. The zero-order valence-electron chi connectivity index (χ0n) is 40.2. The first-order chi connectivity index (χ1) is 30.1. The van der Waals surface area contributed by atoms with Crippen molar-refractivity contribution in [3.05, 3.63) is 34.4 Å². The largest absolute Gasteiger partial charge is 0.393 e. The molecule has 0 amide bonds. The van der Waals surface area contributed by atoms with E-state index in [-0.39, 0.29) is 82.0 Å². The number of ketones is 1. The Morgan fingerprint density at radius 1 is 0.719 bits per heavy atom. The lowest BCUT2D eigenvalue weighted by atomic mass is 9.45. The summed E-state index contributed by atoms with van der Waals surface area (Å²) in [6.07, 6.45) is 14.9. The van der Waals surface area contributed by atoms with Crippen molar-refractivity contribution in [2.75, 3.05) is 6.61 Å². The zero-order valence-corrected chi connectivity index (χ0v) is 40.2. The molecule has 1 aromatic rings. The number of aromatic nitrogens is 2. The highest BCUT2D eigenvalue weighted by Crippen LogP contribution is 2.74. The van der Waals surface area contributed by atoms with Crippen molar-refractivity contribution in [1.29, 1.82) is 0 Å². The summed E-state index contributed by atoms with van der Waals surface area (Å²) in [6, 6.07) is 0. The molecule has 21 atom stereocenters. The van der Waals surface area contributed by atoms with Crippen LogP contribution in [-0.2, 0) is 49.4 Å². The number of carbonyl (C=O) groups excluding carboxylic acids is 1. The van der Waals surface area contributed by atoms with Crippen LogP contribution in [0.15, 0.2) is 11.6 Å². The number of fused-ring (bicyclic) bond motifs is 14. The molecule has 0 bridgehead atoms. The number of hydrogen-bond donors (Lipinski definition) is 3. The molecule has 1 aromatic heterocycles. The Balaban J connectivity index is 0.761. The topological polar surface area (TPSA) is 140 Å². The molecular weight excluding hydrogens is 805 g/mol. The van der Waals surface area contributed by atoms with Gasteiger partial charge in [-0.15, -0.1) is 0 Å². The second-order valence-electron chi connectivity index (χ2n) is 26.4. The van der Waals surface area contributed by atoms with Gasteiger partial charge in [-0.2, -0.15) is 0 Å². The molecule has 0 aromatic carbocycles. The van der Waals surface area contributed by atoms with Gasteiger partial charge in [0.05, 0.1) is 69.9 Å². The maximum Gasteiger partial charge on any atom is 0.172 e. The molecule has 10 heteroatoms. The Hall–Kier alpha value is -1.79. The summed E-state index contributed by atoms with van der Waals surface area (Å²) in [5.74, 6) is 1.08. The second-order valence-corrected chi connectivity index (χ2v) is 26.4. The van der Waals surface area contributed by atoms with E-state index < -0.39 is 34.3 Å². The summed E-state index contributed by atoms with van der Waals surface area (Å²) in [5.41, 5.74) is 2.94. The van der Waals surface area contributed by atoms with Crippen molar-refractivity contribution >= 4 is 5.78 Å². The van der Waals surface area contributed by atoms with Crippen LogP contribution in [0, 0.1) is 80.8 Å². The van der Waals surface area contributed by atoms with Crippen LogP contribution in [0.5, 0.6) is 0 Å². The molecule has 4 saturated heterocycles. The second kappa shape index (κ2) is 12.7. The highest BCUT2D eigenvalue weighted by atomic mass is 16.7. The van der Waals surface area contributed by atoms with E-state index in [4.69, 9.17) is 28.9 Å². The van der Waals surface area contributed by atoms with Crippen molar-refractivity contribution < 1.29 is 39.1 Å². The molecular formula is C54H76N2O8. The average molecular weight is 881 g/mol. The molecule has 8 aliphatic carbocycles. The maximum atomic E-state index is 14.8. The number of nitrogens with zero attached hydrogens (tertiary/aromatic N) is 2.